The molecule has 0 bridgehead atoms. The SMILES string of the molecule is CC(C)N(CCCO)c1cccnc1/C(N)=N/O. The Hall–Kier alpha value is -1.82. The number of rotatable bonds is 6. The van der Waals surface area contributed by atoms with Gasteiger partial charge in [0, 0.05) is 25.4 Å². The molecule has 0 aliphatic carbocycles. The molecule has 1 aromatic rings. The van der Waals surface area contributed by atoms with E-state index in [1.54, 1.807) is 12.3 Å². The molecule has 4 N–H and O–H groups in total. The fourth-order valence-electron chi connectivity index (χ4n) is 1.77. The number of pyridine rings is 1. The molecular weight excluding hydrogens is 232 g/mol. The number of aliphatic hydroxyl groups is 1. The van der Waals surface area contributed by atoms with Crippen LogP contribution in [0, 0.1) is 0 Å². The molecule has 0 saturated carbocycles. The molecule has 0 amide bonds. The quantitative estimate of drug-likeness (QED) is 0.301. The monoisotopic (exact) mass is 252 g/mol. The fraction of sp³-hybridized carbons (Fsp3) is 0.500. The van der Waals surface area contributed by atoms with Crippen LogP contribution < -0.4 is 10.6 Å². The summed E-state index contributed by atoms with van der Waals surface area (Å²) in [5, 5.41) is 20.7. The predicted octanol–water partition coefficient (Wildman–Crippen LogP) is 0.773. The number of aliphatic hydroxyl groups excluding tert-OH is 1. The number of nitrogens with two attached hydrogens (primary N) is 1. The van der Waals surface area contributed by atoms with Gasteiger partial charge in [-0.3, -0.25) is 4.98 Å². The normalized spacial score (nSPS) is 11.9. The van der Waals surface area contributed by atoms with Gasteiger partial charge in [-0.25, -0.2) is 0 Å². The Morgan fingerprint density at radius 3 is 2.83 bits per heavy atom. The van der Waals surface area contributed by atoms with E-state index in [9.17, 15) is 0 Å². The molecule has 100 valence electrons. The molecule has 0 spiro atoms. The summed E-state index contributed by atoms with van der Waals surface area (Å²) in [6.45, 7) is 4.90. The maximum Gasteiger partial charge on any atom is 0.190 e. The maximum absolute atomic E-state index is 8.94. The lowest BCUT2D eigenvalue weighted by atomic mass is 10.2. The Morgan fingerprint density at radius 1 is 1.56 bits per heavy atom. The van der Waals surface area contributed by atoms with Gasteiger partial charge in [0.2, 0.25) is 0 Å². The molecule has 1 heterocycles. The molecule has 0 saturated heterocycles. The summed E-state index contributed by atoms with van der Waals surface area (Å²) in [6.07, 6.45) is 2.25. The van der Waals surface area contributed by atoms with Crippen molar-refractivity contribution in [3.8, 4) is 0 Å². The van der Waals surface area contributed by atoms with Gasteiger partial charge in [-0.05, 0) is 32.4 Å². The Bertz CT molecular complexity index is 407. The molecule has 0 aromatic carbocycles. The largest absolute Gasteiger partial charge is 0.409 e. The molecule has 0 atom stereocenters. The van der Waals surface area contributed by atoms with E-state index < -0.39 is 0 Å². The smallest absolute Gasteiger partial charge is 0.190 e. The molecule has 0 radical (unpaired) electrons. The Morgan fingerprint density at radius 2 is 2.28 bits per heavy atom. The van der Waals surface area contributed by atoms with Crippen LogP contribution in [0.5, 0.6) is 0 Å². The number of hydrogen-bond donors (Lipinski definition) is 3. The van der Waals surface area contributed by atoms with E-state index in [4.69, 9.17) is 16.0 Å². The average Bonchev–Trinajstić information content (AvgIpc) is 2.38. The average molecular weight is 252 g/mol. The number of nitrogens with zero attached hydrogens (tertiary/aromatic N) is 3. The first-order valence-electron chi connectivity index (χ1n) is 5.92. The Kier molecular flexibility index (Phi) is 5.38. The van der Waals surface area contributed by atoms with Gasteiger partial charge in [0.05, 0.1) is 5.69 Å². The first-order valence-corrected chi connectivity index (χ1v) is 5.92. The molecule has 0 fully saturated rings. The van der Waals surface area contributed by atoms with E-state index >= 15 is 0 Å². The third-order valence-electron chi connectivity index (χ3n) is 2.63. The number of amidine groups is 1. The lowest BCUT2D eigenvalue weighted by molar-refractivity contribution is 0.288. The Balaban J connectivity index is 3.11. The van der Waals surface area contributed by atoms with Crippen LogP contribution in [0.15, 0.2) is 23.5 Å². The van der Waals surface area contributed by atoms with Gasteiger partial charge in [0.15, 0.2) is 5.84 Å². The number of anilines is 1. The van der Waals surface area contributed by atoms with Gasteiger partial charge in [-0.2, -0.15) is 0 Å². The molecule has 6 nitrogen and oxygen atoms in total. The lowest BCUT2D eigenvalue weighted by Crippen LogP contribution is -2.34. The van der Waals surface area contributed by atoms with Crippen molar-refractivity contribution in [2.24, 2.45) is 10.9 Å². The minimum Gasteiger partial charge on any atom is -0.409 e. The molecule has 6 heteroatoms. The fourth-order valence-corrected chi connectivity index (χ4v) is 1.77. The summed E-state index contributed by atoms with van der Waals surface area (Å²) in [7, 11) is 0. The predicted molar refractivity (Wildman–Crippen MR) is 70.9 cm³/mol. The van der Waals surface area contributed by atoms with Crippen LogP contribution in [0.4, 0.5) is 5.69 Å². The van der Waals surface area contributed by atoms with Crippen molar-refractivity contribution < 1.29 is 10.3 Å². The van der Waals surface area contributed by atoms with Crippen LogP contribution in [0.2, 0.25) is 0 Å². The molecule has 0 aliphatic rings. The van der Waals surface area contributed by atoms with Crippen molar-refractivity contribution in [3.05, 3.63) is 24.0 Å². The molecular formula is C12H20N4O2. The van der Waals surface area contributed by atoms with Crippen molar-refractivity contribution in [1.29, 1.82) is 0 Å². The van der Waals surface area contributed by atoms with Crippen molar-refractivity contribution in [3.63, 3.8) is 0 Å². The van der Waals surface area contributed by atoms with Gasteiger partial charge in [-0.15, -0.1) is 0 Å². The van der Waals surface area contributed by atoms with E-state index in [0.29, 0.717) is 18.7 Å². The zero-order chi connectivity index (χ0) is 13.5. The summed E-state index contributed by atoms with van der Waals surface area (Å²) < 4.78 is 0. The summed E-state index contributed by atoms with van der Waals surface area (Å²) in [6, 6.07) is 3.90. The second-order valence-electron chi connectivity index (χ2n) is 4.22. The standard InChI is InChI=1S/C12H20N4O2/c1-9(2)16(7-4-8-17)10-5-3-6-14-11(10)12(13)15-18/h3,5-6,9,17-18H,4,7-8H2,1-2H3,(H2,13,15). The number of oxime groups is 1. The summed E-state index contributed by atoms with van der Waals surface area (Å²) >= 11 is 0. The number of hydrogen-bond acceptors (Lipinski definition) is 5. The molecule has 18 heavy (non-hydrogen) atoms. The molecule has 0 aliphatic heterocycles. The van der Waals surface area contributed by atoms with Crippen LogP contribution in [0.1, 0.15) is 26.0 Å². The maximum atomic E-state index is 8.94. The van der Waals surface area contributed by atoms with Crippen molar-refractivity contribution in [1.82, 2.24) is 4.98 Å². The highest BCUT2D eigenvalue weighted by atomic mass is 16.4. The second kappa shape index (κ2) is 6.80. The van der Waals surface area contributed by atoms with E-state index in [1.165, 1.54) is 0 Å². The highest BCUT2D eigenvalue weighted by Crippen LogP contribution is 2.20. The van der Waals surface area contributed by atoms with E-state index in [2.05, 4.69) is 15.0 Å². The van der Waals surface area contributed by atoms with Crippen LogP contribution in [-0.4, -0.2) is 40.3 Å². The summed E-state index contributed by atoms with van der Waals surface area (Å²) in [4.78, 5) is 6.21. The first-order chi connectivity index (χ1) is 8.61. The zero-order valence-electron chi connectivity index (χ0n) is 10.7. The topological polar surface area (TPSA) is 95.0 Å². The van der Waals surface area contributed by atoms with Crippen molar-refractivity contribution in [2.45, 2.75) is 26.3 Å². The minimum atomic E-state index is -0.0137. The third-order valence-corrected chi connectivity index (χ3v) is 2.63. The van der Waals surface area contributed by atoms with Crippen LogP contribution >= 0.6 is 0 Å². The molecule has 1 aromatic heterocycles. The highest BCUT2D eigenvalue weighted by molar-refractivity contribution is 6.00. The second-order valence-corrected chi connectivity index (χ2v) is 4.22. The van der Waals surface area contributed by atoms with Gasteiger partial charge >= 0.3 is 0 Å². The van der Waals surface area contributed by atoms with E-state index in [0.717, 1.165) is 5.69 Å². The number of aromatic nitrogens is 1. The Labute approximate surface area is 107 Å². The molecule has 0 unspecified atom stereocenters. The van der Waals surface area contributed by atoms with Gasteiger partial charge < -0.3 is 20.9 Å². The zero-order valence-corrected chi connectivity index (χ0v) is 10.7. The van der Waals surface area contributed by atoms with Crippen LogP contribution in [-0.2, 0) is 0 Å². The first kappa shape index (κ1) is 14.2. The van der Waals surface area contributed by atoms with E-state index in [-0.39, 0.29) is 18.5 Å². The van der Waals surface area contributed by atoms with Gasteiger partial charge in [-0.1, -0.05) is 5.16 Å². The van der Waals surface area contributed by atoms with Gasteiger partial charge in [0.1, 0.15) is 5.69 Å². The van der Waals surface area contributed by atoms with Gasteiger partial charge in [0.25, 0.3) is 0 Å². The minimum absolute atomic E-state index is 0.0137. The van der Waals surface area contributed by atoms with Crippen molar-refractivity contribution in [2.75, 3.05) is 18.1 Å². The lowest BCUT2D eigenvalue weighted by Gasteiger charge is -2.30. The molecule has 1 rings (SSSR count). The summed E-state index contributed by atoms with van der Waals surface area (Å²) in [5.41, 5.74) is 6.88. The van der Waals surface area contributed by atoms with Crippen molar-refractivity contribution >= 4 is 11.5 Å². The third kappa shape index (κ3) is 3.33. The van der Waals surface area contributed by atoms with Crippen LogP contribution in [0.25, 0.3) is 0 Å². The van der Waals surface area contributed by atoms with E-state index in [1.807, 2.05) is 19.9 Å². The van der Waals surface area contributed by atoms with Crippen LogP contribution in [0.3, 0.4) is 0 Å². The highest BCUT2D eigenvalue weighted by Gasteiger charge is 2.17. The summed E-state index contributed by atoms with van der Waals surface area (Å²) in [5.74, 6) is -0.0137.